The van der Waals surface area contributed by atoms with E-state index in [9.17, 15) is 0 Å². The molecule has 0 aliphatic carbocycles. The van der Waals surface area contributed by atoms with E-state index in [2.05, 4.69) is 253 Å². The van der Waals surface area contributed by atoms with E-state index in [1.165, 1.54) is 33.0 Å². The quantitative estimate of drug-likeness (QED) is 0.145. The number of hydrogen-bond donors (Lipinski definition) is 0. The number of rotatable bonds is 9. The van der Waals surface area contributed by atoms with Gasteiger partial charge in [0.05, 0.1) is 22.4 Å². The van der Waals surface area contributed by atoms with Crippen molar-refractivity contribution in [3.05, 3.63) is 261 Å². The lowest BCUT2D eigenvalue weighted by molar-refractivity contribution is 1.18. The number of nitrogens with zero attached hydrogens (tertiary/aromatic N) is 3. The normalized spacial score (nSPS) is 11.3. The molecule has 3 nitrogen and oxygen atoms in total. The molecule has 0 bridgehead atoms. The topological polar surface area (TPSA) is 30.7 Å². The predicted octanol–water partition coefficient (Wildman–Crippen LogP) is 16.9. The Balaban J connectivity index is 1.18. The molecular formula is C64H43N3. The minimum atomic E-state index is 0.684. The molecule has 0 aliphatic heterocycles. The van der Waals surface area contributed by atoms with Crippen molar-refractivity contribution < 1.29 is 0 Å². The Bertz CT molecular complexity index is 3620. The van der Waals surface area contributed by atoms with Crippen LogP contribution < -0.4 is 0 Å². The molecule has 0 saturated heterocycles. The zero-order chi connectivity index (χ0) is 44.5. The number of hydrogen-bond acceptors (Lipinski definition) is 2. The third kappa shape index (κ3) is 7.29. The summed E-state index contributed by atoms with van der Waals surface area (Å²) in [7, 11) is 0. The largest absolute Gasteiger partial charge is 0.309 e. The molecule has 0 radical (unpaired) electrons. The van der Waals surface area contributed by atoms with Gasteiger partial charge in [0.25, 0.3) is 0 Å². The van der Waals surface area contributed by atoms with Crippen LogP contribution in [-0.4, -0.2) is 14.5 Å². The number of fused-ring (bicyclic) bond motifs is 3. The van der Waals surface area contributed by atoms with Gasteiger partial charge in [0, 0.05) is 49.8 Å². The Morgan fingerprint density at radius 1 is 0.269 bits per heavy atom. The molecule has 0 fully saturated rings. The fourth-order valence-corrected chi connectivity index (χ4v) is 9.79. The van der Waals surface area contributed by atoms with Crippen molar-refractivity contribution in [2.75, 3.05) is 0 Å². The highest BCUT2D eigenvalue weighted by molar-refractivity contribution is 6.26. The van der Waals surface area contributed by atoms with E-state index in [0.29, 0.717) is 5.82 Å². The maximum absolute atomic E-state index is 5.20. The predicted molar refractivity (Wildman–Crippen MR) is 280 cm³/mol. The van der Waals surface area contributed by atoms with Crippen molar-refractivity contribution in [3.8, 4) is 95.2 Å². The van der Waals surface area contributed by atoms with Gasteiger partial charge in [-0.05, 0) is 75.3 Å². The molecule has 0 saturated carbocycles. The molecule has 0 N–H and O–H groups in total. The molecular weight excluding hydrogens is 811 g/mol. The highest BCUT2D eigenvalue weighted by Gasteiger charge is 2.29. The lowest BCUT2D eigenvalue weighted by atomic mass is 9.80. The maximum atomic E-state index is 5.20. The van der Waals surface area contributed by atoms with Crippen LogP contribution >= 0.6 is 0 Å². The molecule has 0 atom stereocenters. The third-order valence-corrected chi connectivity index (χ3v) is 12.8. The van der Waals surface area contributed by atoms with E-state index in [4.69, 9.17) is 9.97 Å². The van der Waals surface area contributed by atoms with Gasteiger partial charge in [0.15, 0.2) is 5.82 Å². The van der Waals surface area contributed by atoms with Crippen molar-refractivity contribution in [1.82, 2.24) is 14.5 Å². The second kappa shape index (κ2) is 17.2. The average Bonchev–Trinajstić information content (AvgIpc) is 3.76. The first kappa shape index (κ1) is 39.7. The minimum absolute atomic E-state index is 0.684. The van der Waals surface area contributed by atoms with Gasteiger partial charge in [0.1, 0.15) is 0 Å². The molecule has 0 amide bonds. The molecule has 10 aromatic carbocycles. The van der Waals surface area contributed by atoms with Crippen molar-refractivity contribution in [2.24, 2.45) is 0 Å². The van der Waals surface area contributed by atoms with Gasteiger partial charge in [-0.15, -0.1) is 0 Å². The van der Waals surface area contributed by atoms with E-state index in [0.717, 1.165) is 78.2 Å². The average molecular weight is 854 g/mol. The van der Waals surface area contributed by atoms with Crippen LogP contribution in [0.2, 0.25) is 0 Å². The van der Waals surface area contributed by atoms with Crippen LogP contribution in [0.25, 0.3) is 117 Å². The van der Waals surface area contributed by atoms with Crippen LogP contribution in [0, 0.1) is 0 Å². The van der Waals surface area contributed by atoms with E-state index >= 15 is 0 Å². The fraction of sp³-hybridized carbons (Fsp3) is 0. The van der Waals surface area contributed by atoms with Crippen molar-refractivity contribution in [2.45, 2.75) is 0 Å². The summed E-state index contributed by atoms with van der Waals surface area (Å²) in [5.41, 5.74) is 19.8. The van der Waals surface area contributed by atoms with Crippen LogP contribution in [0.5, 0.6) is 0 Å². The summed E-state index contributed by atoms with van der Waals surface area (Å²) in [5.74, 6) is 0.684. The summed E-state index contributed by atoms with van der Waals surface area (Å²) in [5, 5.41) is 2.37. The van der Waals surface area contributed by atoms with Crippen molar-refractivity contribution in [3.63, 3.8) is 0 Å². The Hall–Kier alpha value is -8.92. The van der Waals surface area contributed by atoms with E-state index in [1.54, 1.807) is 0 Å². The molecule has 0 spiro atoms. The van der Waals surface area contributed by atoms with E-state index in [1.807, 2.05) is 12.1 Å². The van der Waals surface area contributed by atoms with Gasteiger partial charge in [-0.25, -0.2) is 9.97 Å². The van der Waals surface area contributed by atoms with Crippen molar-refractivity contribution in [1.29, 1.82) is 0 Å². The number of para-hydroxylation sites is 1. The number of aromatic nitrogens is 3. The van der Waals surface area contributed by atoms with E-state index in [-0.39, 0.29) is 0 Å². The molecule has 12 aromatic rings. The monoisotopic (exact) mass is 853 g/mol. The fourth-order valence-electron chi connectivity index (χ4n) is 9.79. The van der Waals surface area contributed by atoms with Crippen LogP contribution in [0.3, 0.4) is 0 Å². The zero-order valence-corrected chi connectivity index (χ0v) is 36.7. The first-order chi connectivity index (χ1) is 33.3. The number of benzene rings is 10. The zero-order valence-electron chi connectivity index (χ0n) is 36.7. The molecule has 0 aliphatic rings. The summed E-state index contributed by atoms with van der Waals surface area (Å²) >= 11 is 0. The first-order valence-electron chi connectivity index (χ1n) is 22.8. The lowest BCUT2D eigenvalue weighted by Crippen LogP contribution is -2.00. The van der Waals surface area contributed by atoms with E-state index < -0.39 is 0 Å². The summed E-state index contributed by atoms with van der Waals surface area (Å²) in [6.45, 7) is 0. The molecule has 3 heteroatoms. The summed E-state index contributed by atoms with van der Waals surface area (Å²) in [6, 6.07) is 93.2. The van der Waals surface area contributed by atoms with Crippen LogP contribution in [0.4, 0.5) is 0 Å². The lowest BCUT2D eigenvalue weighted by Gasteiger charge is -2.24. The highest BCUT2D eigenvalue weighted by atomic mass is 15.0. The summed E-state index contributed by atoms with van der Waals surface area (Å²) in [4.78, 5) is 10.4. The summed E-state index contributed by atoms with van der Waals surface area (Å²) in [6.07, 6.45) is 0. The van der Waals surface area contributed by atoms with Gasteiger partial charge >= 0.3 is 0 Å². The molecule has 2 aromatic heterocycles. The van der Waals surface area contributed by atoms with Gasteiger partial charge in [0.2, 0.25) is 0 Å². The Kier molecular flexibility index (Phi) is 10.2. The molecule has 12 rings (SSSR count). The van der Waals surface area contributed by atoms with Crippen LogP contribution in [-0.2, 0) is 0 Å². The van der Waals surface area contributed by atoms with Gasteiger partial charge in [-0.2, -0.15) is 0 Å². The van der Waals surface area contributed by atoms with Gasteiger partial charge in [-0.1, -0.05) is 224 Å². The molecule has 314 valence electrons. The third-order valence-electron chi connectivity index (χ3n) is 12.8. The standard InChI is InChI=1S/C64H43N3/c1-8-23-44(24-9-1)55-43-56(45-25-10-2-11-26-45)66-64(65-55)52-36-22-35-50(41-52)51-39-40-57-54(42-51)62-60(48-31-16-5-17-32-48)58(46-27-12-3-13-28-46)59(47-29-14-4-15-30-47)61(49-33-18-6-19-34-49)63(62)67(57)53-37-20-7-21-38-53/h1-43H. The second-order valence-electron chi connectivity index (χ2n) is 16.9. The Morgan fingerprint density at radius 2 is 0.657 bits per heavy atom. The van der Waals surface area contributed by atoms with Crippen LogP contribution in [0.1, 0.15) is 0 Å². The Morgan fingerprint density at radius 3 is 1.16 bits per heavy atom. The van der Waals surface area contributed by atoms with Gasteiger partial charge < -0.3 is 4.57 Å². The van der Waals surface area contributed by atoms with Gasteiger partial charge in [-0.3, -0.25) is 0 Å². The molecule has 67 heavy (non-hydrogen) atoms. The highest BCUT2D eigenvalue weighted by Crippen LogP contribution is 2.54. The maximum Gasteiger partial charge on any atom is 0.160 e. The Labute approximate surface area is 390 Å². The molecule has 0 unspecified atom stereocenters. The SMILES string of the molecule is c1ccc(-c2cc(-c3ccccc3)nc(-c3cccc(-c4ccc5c(c4)c4c(-c6ccccc6)c(-c6ccccc6)c(-c6ccccc6)c(-c6ccccc6)c4n5-c4ccccc4)c3)n2)cc1. The minimum Gasteiger partial charge on any atom is -0.309 e. The first-order valence-corrected chi connectivity index (χ1v) is 22.8. The second-order valence-corrected chi connectivity index (χ2v) is 16.9. The van der Waals surface area contributed by atoms with Crippen LogP contribution in [0.15, 0.2) is 261 Å². The molecule has 2 heterocycles. The summed E-state index contributed by atoms with van der Waals surface area (Å²) < 4.78 is 2.49. The smallest absolute Gasteiger partial charge is 0.160 e. The van der Waals surface area contributed by atoms with Crippen molar-refractivity contribution >= 4 is 21.8 Å².